The number of piperazine rings is 1. The Balaban J connectivity index is 1.44. The average molecular weight is 339 g/mol. The van der Waals surface area contributed by atoms with E-state index in [1.807, 2.05) is 18.2 Å². The summed E-state index contributed by atoms with van der Waals surface area (Å²) in [5.74, 6) is 0.590. The lowest BCUT2D eigenvalue weighted by Gasteiger charge is -2.32. The maximum Gasteiger partial charge on any atom is 0.254 e. The number of hydrogen-bond acceptors (Lipinski definition) is 5. The number of carbonyl (C=O) groups excluding carboxylic acids is 1. The van der Waals surface area contributed by atoms with Crippen LogP contribution in [0.1, 0.15) is 22.3 Å². The van der Waals surface area contributed by atoms with Crippen LogP contribution in [0, 0.1) is 0 Å². The summed E-state index contributed by atoms with van der Waals surface area (Å²) < 4.78 is 0. The minimum Gasteiger partial charge on any atom is -0.352 e. The predicted molar refractivity (Wildman–Crippen MR) is 98.8 cm³/mol. The van der Waals surface area contributed by atoms with Crippen molar-refractivity contribution in [1.82, 2.24) is 20.2 Å². The number of rotatable bonds is 6. The van der Waals surface area contributed by atoms with Gasteiger partial charge in [-0.15, -0.1) is 0 Å². The van der Waals surface area contributed by atoms with Gasteiger partial charge in [-0.25, -0.2) is 9.97 Å². The van der Waals surface area contributed by atoms with Crippen LogP contribution in [0.5, 0.6) is 0 Å². The van der Waals surface area contributed by atoms with Gasteiger partial charge in [0.25, 0.3) is 5.91 Å². The maximum absolute atomic E-state index is 12.2. The van der Waals surface area contributed by atoms with E-state index in [9.17, 15) is 4.79 Å². The molecule has 1 N–H and O–H groups in total. The van der Waals surface area contributed by atoms with Crippen molar-refractivity contribution in [3.05, 3.63) is 53.9 Å². The van der Waals surface area contributed by atoms with Gasteiger partial charge in [-0.3, -0.25) is 4.79 Å². The van der Waals surface area contributed by atoms with Gasteiger partial charge in [-0.2, -0.15) is 0 Å². The number of carbonyl (C=O) groups is 1. The highest BCUT2D eigenvalue weighted by molar-refractivity contribution is 5.93. The molecule has 0 aliphatic carbocycles. The fraction of sp³-hybridized carbons (Fsp3) is 0.421. The van der Waals surface area contributed by atoms with E-state index in [2.05, 4.69) is 44.3 Å². The standard InChI is InChI=1S/C19H25N5O/c1-23-10-12-24(13-11-23)19-21-14-17(15-22-19)18(25)20-9-5-8-16-6-3-2-4-7-16/h2-4,6-7,14-15H,5,8-13H2,1H3,(H,20,25). The van der Waals surface area contributed by atoms with Crippen molar-refractivity contribution in [1.29, 1.82) is 0 Å². The Labute approximate surface area is 148 Å². The normalized spacial score (nSPS) is 15.2. The van der Waals surface area contributed by atoms with Crippen LogP contribution in [0.3, 0.4) is 0 Å². The summed E-state index contributed by atoms with van der Waals surface area (Å²) in [6.07, 6.45) is 5.11. The molecule has 1 aromatic heterocycles. The Morgan fingerprint density at radius 1 is 1.08 bits per heavy atom. The molecule has 0 radical (unpaired) electrons. The van der Waals surface area contributed by atoms with Crippen molar-refractivity contribution in [3.63, 3.8) is 0 Å². The third kappa shape index (κ3) is 5.00. The molecule has 25 heavy (non-hydrogen) atoms. The monoisotopic (exact) mass is 339 g/mol. The van der Waals surface area contributed by atoms with Gasteiger partial charge in [0.1, 0.15) is 0 Å². The number of nitrogens with zero attached hydrogens (tertiary/aromatic N) is 4. The molecule has 132 valence electrons. The van der Waals surface area contributed by atoms with Gasteiger partial charge < -0.3 is 15.1 Å². The number of amides is 1. The maximum atomic E-state index is 12.2. The second-order valence-electron chi connectivity index (χ2n) is 6.41. The summed E-state index contributed by atoms with van der Waals surface area (Å²) in [7, 11) is 2.11. The first-order chi connectivity index (χ1) is 12.2. The van der Waals surface area contributed by atoms with Crippen molar-refractivity contribution >= 4 is 11.9 Å². The molecule has 2 aromatic rings. The van der Waals surface area contributed by atoms with Crippen molar-refractivity contribution < 1.29 is 4.79 Å². The number of anilines is 1. The molecule has 0 atom stereocenters. The summed E-state index contributed by atoms with van der Waals surface area (Å²) in [5, 5.41) is 2.93. The molecule has 1 aliphatic rings. The highest BCUT2D eigenvalue weighted by Crippen LogP contribution is 2.10. The predicted octanol–water partition coefficient (Wildman–Crippen LogP) is 1.59. The Morgan fingerprint density at radius 3 is 2.44 bits per heavy atom. The number of aryl methyl sites for hydroxylation is 1. The molecule has 3 rings (SSSR count). The van der Waals surface area contributed by atoms with Crippen LogP contribution in [0.4, 0.5) is 5.95 Å². The van der Waals surface area contributed by atoms with Crippen LogP contribution in [0.15, 0.2) is 42.7 Å². The summed E-state index contributed by atoms with van der Waals surface area (Å²) in [6.45, 7) is 4.50. The molecule has 1 saturated heterocycles. The van der Waals surface area contributed by atoms with Gasteiger partial charge in [-0.05, 0) is 25.5 Å². The zero-order chi connectivity index (χ0) is 17.5. The summed E-state index contributed by atoms with van der Waals surface area (Å²) in [5.41, 5.74) is 1.80. The van der Waals surface area contributed by atoms with E-state index in [1.165, 1.54) is 5.56 Å². The van der Waals surface area contributed by atoms with Gasteiger partial charge in [0.2, 0.25) is 5.95 Å². The highest BCUT2D eigenvalue weighted by Gasteiger charge is 2.16. The van der Waals surface area contributed by atoms with E-state index >= 15 is 0 Å². The smallest absolute Gasteiger partial charge is 0.254 e. The first-order valence-electron chi connectivity index (χ1n) is 8.80. The molecule has 0 bridgehead atoms. The van der Waals surface area contributed by atoms with Crippen molar-refractivity contribution in [2.45, 2.75) is 12.8 Å². The molecule has 6 heteroatoms. The van der Waals surface area contributed by atoms with Gasteiger partial charge in [0.15, 0.2) is 0 Å². The fourth-order valence-electron chi connectivity index (χ4n) is 2.85. The third-order valence-electron chi connectivity index (χ3n) is 4.46. The molecule has 0 saturated carbocycles. The van der Waals surface area contributed by atoms with E-state index < -0.39 is 0 Å². The lowest BCUT2D eigenvalue weighted by molar-refractivity contribution is 0.0952. The Bertz CT molecular complexity index is 666. The highest BCUT2D eigenvalue weighted by atomic mass is 16.1. The molecule has 2 heterocycles. The van der Waals surface area contributed by atoms with Crippen LogP contribution in [0.2, 0.25) is 0 Å². The van der Waals surface area contributed by atoms with E-state index in [0.29, 0.717) is 18.1 Å². The van der Waals surface area contributed by atoms with Crippen LogP contribution in [-0.2, 0) is 6.42 Å². The van der Waals surface area contributed by atoms with Gasteiger partial charge in [-0.1, -0.05) is 30.3 Å². The van der Waals surface area contributed by atoms with Gasteiger partial charge in [0.05, 0.1) is 5.56 Å². The Hall–Kier alpha value is -2.47. The van der Waals surface area contributed by atoms with Crippen molar-refractivity contribution in [2.75, 3.05) is 44.7 Å². The Kier molecular flexibility index (Phi) is 5.95. The molecule has 1 amide bonds. The zero-order valence-corrected chi connectivity index (χ0v) is 14.7. The topological polar surface area (TPSA) is 61.4 Å². The number of aromatic nitrogens is 2. The minimum absolute atomic E-state index is 0.113. The number of nitrogens with one attached hydrogen (secondary N) is 1. The van der Waals surface area contributed by atoms with E-state index in [1.54, 1.807) is 12.4 Å². The second kappa shape index (κ2) is 8.58. The van der Waals surface area contributed by atoms with Crippen LogP contribution >= 0.6 is 0 Å². The molecule has 0 unspecified atom stereocenters. The molecule has 1 aromatic carbocycles. The van der Waals surface area contributed by atoms with E-state index in [-0.39, 0.29) is 5.91 Å². The lowest BCUT2D eigenvalue weighted by Crippen LogP contribution is -2.45. The third-order valence-corrected chi connectivity index (χ3v) is 4.46. The number of benzene rings is 1. The van der Waals surface area contributed by atoms with Crippen LogP contribution in [0.25, 0.3) is 0 Å². The first-order valence-corrected chi connectivity index (χ1v) is 8.80. The van der Waals surface area contributed by atoms with Gasteiger partial charge in [0, 0.05) is 45.1 Å². The largest absolute Gasteiger partial charge is 0.352 e. The quantitative estimate of drug-likeness (QED) is 0.810. The molecular weight excluding hydrogens is 314 g/mol. The van der Waals surface area contributed by atoms with Crippen LogP contribution < -0.4 is 10.2 Å². The second-order valence-corrected chi connectivity index (χ2v) is 6.41. The minimum atomic E-state index is -0.113. The lowest BCUT2D eigenvalue weighted by atomic mass is 10.1. The SMILES string of the molecule is CN1CCN(c2ncc(C(=O)NCCCc3ccccc3)cn2)CC1. The van der Waals surface area contributed by atoms with E-state index in [0.717, 1.165) is 39.0 Å². The Morgan fingerprint density at radius 2 is 1.76 bits per heavy atom. The molecule has 1 fully saturated rings. The first kappa shape index (κ1) is 17.4. The summed E-state index contributed by atoms with van der Waals surface area (Å²) in [6, 6.07) is 10.3. The number of hydrogen-bond donors (Lipinski definition) is 1. The molecule has 6 nitrogen and oxygen atoms in total. The van der Waals surface area contributed by atoms with Crippen molar-refractivity contribution in [3.8, 4) is 0 Å². The van der Waals surface area contributed by atoms with Gasteiger partial charge >= 0.3 is 0 Å². The van der Waals surface area contributed by atoms with Crippen molar-refractivity contribution in [2.24, 2.45) is 0 Å². The molecule has 1 aliphatic heterocycles. The van der Waals surface area contributed by atoms with Crippen LogP contribution in [-0.4, -0.2) is 60.5 Å². The summed E-state index contributed by atoms with van der Waals surface area (Å²) >= 11 is 0. The zero-order valence-electron chi connectivity index (χ0n) is 14.7. The number of likely N-dealkylation sites (N-methyl/N-ethyl adjacent to an activating group) is 1. The fourth-order valence-corrected chi connectivity index (χ4v) is 2.85. The van der Waals surface area contributed by atoms with E-state index in [4.69, 9.17) is 0 Å². The average Bonchev–Trinajstić information content (AvgIpc) is 2.67. The molecular formula is C19H25N5O. The summed E-state index contributed by atoms with van der Waals surface area (Å²) in [4.78, 5) is 25.3. The molecule has 0 spiro atoms.